The highest BCUT2D eigenvalue weighted by Crippen LogP contribution is 2.44. The molecule has 0 saturated carbocycles. The number of alkyl halides is 1. The fraction of sp³-hybridized carbons (Fsp3) is 0.429. The molecule has 2 saturated heterocycles. The molecule has 0 spiro atoms. The number of fused-ring (bicyclic) bond motifs is 2. The summed E-state index contributed by atoms with van der Waals surface area (Å²) in [5, 5.41) is 21.4. The first-order valence-corrected chi connectivity index (χ1v) is 9.96. The molecule has 0 aliphatic carbocycles. The van der Waals surface area contributed by atoms with Gasteiger partial charge in [-0.05, 0) is 38.8 Å². The van der Waals surface area contributed by atoms with Crippen LogP contribution in [-0.4, -0.2) is 53.2 Å². The normalized spacial score (nSPS) is 30.4. The highest BCUT2D eigenvalue weighted by atomic mass is 19.1. The minimum atomic E-state index is -1.12. The van der Waals surface area contributed by atoms with Gasteiger partial charge in [-0.3, -0.25) is 4.57 Å². The number of ether oxygens (including phenoxy) is 1. The molecule has 2 bridgehead atoms. The van der Waals surface area contributed by atoms with Crippen molar-refractivity contribution in [1.29, 1.82) is 0 Å². The molecule has 2 aliphatic rings. The second-order valence-corrected chi connectivity index (χ2v) is 8.68. The molecule has 2 aromatic heterocycles. The number of aromatic nitrogens is 5. The van der Waals surface area contributed by atoms with E-state index in [-0.39, 0.29) is 17.2 Å². The molecule has 1 aromatic carbocycles. The Kier molecular flexibility index (Phi) is 4.25. The van der Waals surface area contributed by atoms with Gasteiger partial charge in [0.1, 0.15) is 24.5 Å². The number of hydrogen-bond donors (Lipinski definition) is 2. The number of aromatic hydroxyl groups is 1. The summed E-state index contributed by atoms with van der Waals surface area (Å²) in [5.74, 6) is 0.337. The number of rotatable bonds is 4. The molecule has 0 unspecified atom stereocenters. The van der Waals surface area contributed by atoms with E-state index in [1.54, 1.807) is 29.4 Å². The lowest BCUT2D eigenvalue weighted by Gasteiger charge is -2.43. The van der Waals surface area contributed by atoms with Crippen molar-refractivity contribution in [2.75, 3.05) is 0 Å². The highest BCUT2D eigenvalue weighted by Gasteiger charge is 2.56. The first kappa shape index (κ1) is 18.9. The predicted molar refractivity (Wildman–Crippen MR) is 107 cm³/mol. The summed E-state index contributed by atoms with van der Waals surface area (Å²) in [4.78, 5) is 8.67. The van der Waals surface area contributed by atoms with E-state index in [4.69, 9.17) is 4.74 Å². The van der Waals surface area contributed by atoms with Gasteiger partial charge in [0.15, 0.2) is 6.17 Å². The summed E-state index contributed by atoms with van der Waals surface area (Å²) in [6.45, 7) is 4.03. The fourth-order valence-corrected chi connectivity index (χ4v) is 4.67. The smallest absolute Gasteiger partial charge is 0.232 e. The molecule has 4 heterocycles. The molecule has 30 heavy (non-hydrogen) atoms. The summed E-state index contributed by atoms with van der Waals surface area (Å²) >= 11 is 0. The molecule has 0 radical (unpaired) electrons. The average Bonchev–Trinajstić information content (AvgIpc) is 3.34. The zero-order chi connectivity index (χ0) is 20.9. The lowest BCUT2D eigenvalue weighted by molar-refractivity contribution is -0.00927. The third-order valence-electron chi connectivity index (χ3n) is 6.24. The summed E-state index contributed by atoms with van der Waals surface area (Å²) in [6.07, 6.45) is 6.71. The molecule has 2 fully saturated rings. The number of phenols is 1. The van der Waals surface area contributed by atoms with Gasteiger partial charge in [-0.1, -0.05) is 0 Å². The molecule has 9 heteroatoms. The van der Waals surface area contributed by atoms with E-state index >= 15 is 4.39 Å². The Labute approximate surface area is 173 Å². The van der Waals surface area contributed by atoms with Crippen LogP contribution in [0.25, 0.3) is 16.9 Å². The number of piperidine rings is 1. The molecule has 8 nitrogen and oxygen atoms in total. The Bertz CT molecular complexity index is 1060. The maximum atomic E-state index is 15.1. The number of nitrogens with zero attached hydrogens (tertiary/aromatic N) is 5. The van der Waals surface area contributed by atoms with Crippen LogP contribution in [0.1, 0.15) is 33.1 Å². The minimum absolute atomic E-state index is 0.0590. The van der Waals surface area contributed by atoms with Gasteiger partial charge in [0.05, 0.1) is 29.3 Å². The van der Waals surface area contributed by atoms with Gasteiger partial charge in [-0.2, -0.15) is 0 Å². The van der Waals surface area contributed by atoms with Crippen LogP contribution in [0.5, 0.6) is 11.6 Å². The summed E-state index contributed by atoms with van der Waals surface area (Å²) in [6, 6.07) is 5.17. The van der Waals surface area contributed by atoms with E-state index in [2.05, 4.69) is 32.4 Å². The maximum Gasteiger partial charge on any atom is 0.232 e. The Balaban J connectivity index is 1.34. The van der Waals surface area contributed by atoms with Crippen molar-refractivity contribution >= 4 is 0 Å². The first-order valence-electron chi connectivity index (χ1n) is 9.96. The summed E-state index contributed by atoms with van der Waals surface area (Å²) < 4.78 is 22.6. The third kappa shape index (κ3) is 3.19. The quantitative estimate of drug-likeness (QED) is 0.682. The van der Waals surface area contributed by atoms with Crippen LogP contribution < -0.4 is 10.1 Å². The molecule has 2 N–H and O–H groups in total. The standard InChI is InChI=1S/C21H23FN6O2/c1-20-5-6-21(2,27-20)19(22)17(8-20)30-18-10-23-15(9-24-18)14-4-3-13(7-16(14)29)28-11-25-26-12-28/h3-4,7,9-12,17,19,27,29H,5-6,8H2,1-2H3/t17-,19-,20-,21+/m0/s1. The van der Waals surface area contributed by atoms with E-state index in [1.807, 2.05) is 13.0 Å². The lowest BCUT2D eigenvalue weighted by atomic mass is 9.85. The van der Waals surface area contributed by atoms with Gasteiger partial charge < -0.3 is 15.2 Å². The molecular weight excluding hydrogens is 387 g/mol. The Morgan fingerprint density at radius 2 is 1.97 bits per heavy atom. The van der Waals surface area contributed by atoms with Gasteiger partial charge in [0.2, 0.25) is 5.88 Å². The van der Waals surface area contributed by atoms with Gasteiger partial charge in [-0.15, -0.1) is 10.2 Å². The summed E-state index contributed by atoms with van der Waals surface area (Å²) in [7, 11) is 0. The number of phenolic OH excluding ortho intramolecular Hbond substituents is 1. The van der Waals surface area contributed by atoms with Crippen LogP contribution >= 0.6 is 0 Å². The number of nitrogens with one attached hydrogen (secondary N) is 1. The predicted octanol–water partition coefficient (Wildman–Crippen LogP) is 2.82. The SMILES string of the molecule is C[C@@]12CC[C@@](C)(N1)[C@@H](F)[C@@H](Oc1cnc(-c3ccc(-n4cnnc4)cc3O)cn1)C2. The largest absolute Gasteiger partial charge is 0.507 e. The molecule has 156 valence electrons. The average molecular weight is 410 g/mol. The van der Waals surface area contributed by atoms with Crippen molar-refractivity contribution in [3.63, 3.8) is 0 Å². The Morgan fingerprint density at radius 1 is 1.17 bits per heavy atom. The molecule has 4 atom stereocenters. The maximum absolute atomic E-state index is 15.1. The molecule has 2 aliphatic heterocycles. The zero-order valence-corrected chi connectivity index (χ0v) is 16.8. The van der Waals surface area contributed by atoms with Crippen molar-refractivity contribution in [3.05, 3.63) is 43.2 Å². The van der Waals surface area contributed by atoms with Crippen molar-refractivity contribution in [1.82, 2.24) is 30.0 Å². The number of benzene rings is 1. The fourth-order valence-electron chi connectivity index (χ4n) is 4.67. The van der Waals surface area contributed by atoms with Crippen LogP contribution in [0, 0.1) is 0 Å². The Hall–Kier alpha value is -3.07. The van der Waals surface area contributed by atoms with Crippen LogP contribution in [0.15, 0.2) is 43.2 Å². The zero-order valence-electron chi connectivity index (χ0n) is 16.8. The van der Waals surface area contributed by atoms with Gasteiger partial charge in [0, 0.05) is 23.6 Å². The van der Waals surface area contributed by atoms with Crippen molar-refractivity contribution in [2.24, 2.45) is 0 Å². The van der Waals surface area contributed by atoms with Crippen LogP contribution in [0.2, 0.25) is 0 Å². The van der Waals surface area contributed by atoms with Crippen LogP contribution in [0.3, 0.4) is 0 Å². The summed E-state index contributed by atoms with van der Waals surface area (Å²) in [5.41, 5.74) is 1.08. The van der Waals surface area contributed by atoms with E-state index in [0.29, 0.717) is 17.7 Å². The van der Waals surface area contributed by atoms with Gasteiger partial charge >= 0.3 is 0 Å². The van der Waals surface area contributed by atoms with E-state index in [1.165, 1.54) is 12.4 Å². The molecule has 0 amide bonds. The highest BCUT2D eigenvalue weighted by molar-refractivity contribution is 5.68. The van der Waals surface area contributed by atoms with E-state index in [9.17, 15) is 5.11 Å². The van der Waals surface area contributed by atoms with Crippen molar-refractivity contribution in [3.8, 4) is 28.6 Å². The third-order valence-corrected chi connectivity index (χ3v) is 6.24. The lowest BCUT2D eigenvalue weighted by Crippen LogP contribution is -2.63. The van der Waals surface area contributed by atoms with E-state index in [0.717, 1.165) is 18.5 Å². The van der Waals surface area contributed by atoms with Crippen LogP contribution in [0.4, 0.5) is 4.39 Å². The van der Waals surface area contributed by atoms with Crippen molar-refractivity contribution in [2.45, 2.75) is 56.5 Å². The minimum Gasteiger partial charge on any atom is -0.507 e. The second kappa shape index (κ2) is 6.73. The molecular formula is C21H23FN6O2. The van der Waals surface area contributed by atoms with Crippen molar-refractivity contribution < 1.29 is 14.2 Å². The molecule has 5 rings (SSSR count). The molecule has 3 aromatic rings. The number of hydrogen-bond acceptors (Lipinski definition) is 7. The Morgan fingerprint density at radius 3 is 2.67 bits per heavy atom. The number of halogens is 1. The van der Waals surface area contributed by atoms with Crippen LogP contribution in [-0.2, 0) is 0 Å². The van der Waals surface area contributed by atoms with Gasteiger partial charge in [-0.25, -0.2) is 14.4 Å². The van der Waals surface area contributed by atoms with E-state index < -0.39 is 17.8 Å². The van der Waals surface area contributed by atoms with Gasteiger partial charge in [0.25, 0.3) is 0 Å². The topological polar surface area (TPSA) is 98.0 Å². The first-order chi connectivity index (χ1) is 14.4. The second-order valence-electron chi connectivity index (χ2n) is 8.68. The monoisotopic (exact) mass is 410 g/mol.